The third kappa shape index (κ3) is 6.73. The van der Waals surface area contributed by atoms with Gasteiger partial charge in [-0.2, -0.15) is 0 Å². The van der Waals surface area contributed by atoms with E-state index in [1.54, 1.807) is 6.07 Å². The van der Waals surface area contributed by atoms with Gasteiger partial charge in [-0.15, -0.1) is 0 Å². The first-order valence-corrected chi connectivity index (χ1v) is 9.86. The monoisotopic (exact) mass is 405 g/mol. The Morgan fingerprint density at radius 2 is 1.82 bits per heavy atom. The van der Waals surface area contributed by atoms with Crippen molar-refractivity contribution in [3.8, 4) is 11.5 Å². The smallest absolute Gasteiger partial charge is 0.320 e. The van der Waals surface area contributed by atoms with Crippen molar-refractivity contribution in [3.05, 3.63) is 58.6 Å². The lowest BCUT2D eigenvalue weighted by Crippen LogP contribution is -2.37. The Morgan fingerprint density at radius 3 is 2.43 bits per heavy atom. The minimum Gasteiger partial charge on any atom is -0.490 e. The molecule has 0 aromatic heterocycles. The summed E-state index contributed by atoms with van der Waals surface area (Å²) in [5, 5.41) is 13.0. The number of rotatable bonds is 11. The molecule has 0 amide bonds. The first kappa shape index (κ1) is 22.1. The van der Waals surface area contributed by atoms with E-state index >= 15 is 0 Å². The molecule has 2 rings (SSSR count). The summed E-state index contributed by atoms with van der Waals surface area (Å²) in [6.07, 6.45) is 0.545. The molecule has 0 aliphatic carbocycles. The highest BCUT2D eigenvalue weighted by Gasteiger charge is 2.19. The Balaban J connectivity index is 2.13. The highest BCUT2D eigenvalue weighted by Crippen LogP contribution is 2.34. The van der Waals surface area contributed by atoms with Crippen LogP contribution in [0.2, 0.25) is 5.02 Å². The molecule has 0 heterocycles. The molecular formula is C22H28ClNO4. The number of aliphatic carboxylic acids is 1. The molecule has 0 spiro atoms. The summed E-state index contributed by atoms with van der Waals surface area (Å²) in [6.45, 7) is 7.12. The van der Waals surface area contributed by atoms with Crippen molar-refractivity contribution in [3.63, 3.8) is 0 Å². The van der Waals surface area contributed by atoms with Crippen molar-refractivity contribution in [2.24, 2.45) is 5.92 Å². The van der Waals surface area contributed by atoms with Crippen molar-refractivity contribution in [1.82, 2.24) is 5.32 Å². The van der Waals surface area contributed by atoms with E-state index in [1.165, 1.54) is 0 Å². The molecule has 152 valence electrons. The van der Waals surface area contributed by atoms with Crippen LogP contribution in [0.1, 0.15) is 38.3 Å². The third-order valence-corrected chi connectivity index (χ3v) is 4.55. The molecule has 0 saturated carbocycles. The molecule has 0 bridgehead atoms. The Bertz CT molecular complexity index is 765. The van der Waals surface area contributed by atoms with Crippen LogP contribution in [-0.2, 0) is 17.9 Å². The van der Waals surface area contributed by atoms with Gasteiger partial charge in [-0.25, -0.2) is 0 Å². The van der Waals surface area contributed by atoms with Crippen LogP contribution in [0.5, 0.6) is 11.5 Å². The minimum absolute atomic E-state index is 0.275. The first-order valence-electron chi connectivity index (χ1n) is 9.48. The maximum Gasteiger partial charge on any atom is 0.320 e. The number of hydrogen-bond donors (Lipinski definition) is 2. The molecule has 0 fully saturated rings. The SMILES string of the molecule is CCOc1cc(CNC(CC(C)C)C(=O)O)c(Cl)cc1OCc1ccccc1. The summed E-state index contributed by atoms with van der Waals surface area (Å²) in [4.78, 5) is 11.4. The second kappa shape index (κ2) is 10.9. The number of nitrogens with one attached hydrogen (secondary N) is 1. The average molecular weight is 406 g/mol. The number of benzene rings is 2. The van der Waals surface area contributed by atoms with Gasteiger partial charge in [0.15, 0.2) is 11.5 Å². The Morgan fingerprint density at radius 1 is 1.14 bits per heavy atom. The second-order valence-electron chi connectivity index (χ2n) is 7.00. The van der Waals surface area contributed by atoms with E-state index in [0.29, 0.717) is 42.7 Å². The lowest BCUT2D eigenvalue weighted by Gasteiger charge is -2.18. The summed E-state index contributed by atoms with van der Waals surface area (Å²) in [5.74, 6) is 0.571. The van der Waals surface area contributed by atoms with Crippen molar-refractivity contribution < 1.29 is 19.4 Å². The van der Waals surface area contributed by atoms with E-state index in [9.17, 15) is 9.90 Å². The lowest BCUT2D eigenvalue weighted by atomic mass is 10.0. The normalized spacial score (nSPS) is 12.0. The Kier molecular flexibility index (Phi) is 8.61. The zero-order valence-electron chi connectivity index (χ0n) is 16.6. The van der Waals surface area contributed by atoms with E-state index in [4.69, 9.17) is 21.1 Å². The van der Waals surface area contributed by atoms with E-state index in [-0.39, 0.29) is 5.92 Å². The maximum absolute atomic E-state index is 11.4. The zero-order chi connectivity index (χ0) is 20.5. The van der Waals surface area contributed by atoms with Crippen LogP contribution in [0.25, 0.3) is 0 Å². The fourth-order valence-electron chi connectivity index (χ4n) is 2.81. The number of carboxylic acid groups (broad SMARTS) is 1. The van der Waals surface area contributed by atoms with Gasteiger partial charge in [0.2, 0.25) is 0 Å². The molecule has 0 aliphatic heterocycles. The van der Waals surface area contributed by atoms with Crippen LogP contribution in [0.3, 0.4) is 0 Å². The van der Waals surface area contributed by atoms with Crippen molar-refractivity contribution in [2.75, 3.05) is 6.61 Å². The maximum atomic E-state index is 11.4. The molecule has 0 radical (unpaired) electrons. The van der Waals surface area contributed by atoms with E-state index in [1.807, 2.05) is 57.2 Å². The molecule has 0 aliphatic rings. The highest BCUT2D eigenvalue weighted by molar-refractivity contribution is 6.31. The van der Waals surface area contributed by atoms with Gasteiger partial charge >= 0.3 is 5.97 Å². The number of carboxylic acids is 1. The first-order chi connectivity index (χ1) is 13.4. The second-order valence-corrected chi connectivity index (χ2v) is 7.41. The zero-order valence-corrected chi connectivity index (χ0v) is 17.3. The molecule has 28 heavy (non-hydrogen) atoms. The summed E-state index contributed by atoms with van der Waals surface area (Å²) in [6, 6.07) is 12.8. The number of hydrogen-bond acceptors (Lipinski definition) is 4. The fourth-order valence-corrected chi connectivity index (χ4v) is 3.03. The standard InChI is InChI=1S/C22H28ClNO4/c1-4-27-20-11-17(13-24-19(22(25)26)10-15(2)3)18(23)12-21(20)28-14-16-8-6-5-7-9-16/h5-9,11-12,15,19,24H,4,10,13-14H2,1-3H3,(H,25,26). The lowest BCUT2D eigenvalue weighted by molar-refractivity contribution is -0.140. The van der Waals surface area contributed by atoms with E-state index < -0.39 is 12.0 Å². The molecule has 2 N–H and O–H groups in total. The number of carbonyl (C=O) groups is 1. The molecule has 5 nitrogen and oxygen atoms in total. The molecule has 0 saturated heterocycles. The quantitative estimate of drug-likeness (QED) is 0.556. The molecule has 2 aromatic carbocycles. The molecule has 2 aromatic rings. The topological polar surface area (TPSA) is 67.8 Å². The van der Waals surface area contributed by atoms with E-state index in [0.717, 1.165) is 11.1 Å². The van der Waals surface area contributed by atoms with Crippen molar-refractivity contribution in [2.45, 2.75) is 46.4 Å². The van der Waals surface area contributed by atoms with Crippen LogP contribution < -0.4 is 14.8 Å². The van der Waals surface area contributed by atoms with Crippen LogP contribution in [0.15, 0.2) is 42.5 Å². The summed E-state index contributed by atoms with van der Waals surface area (Å²) < 4.78 is 11.6. The van der Waals surface area contributed by atoms with Crippen LogP contribution in [0, 0.1) is 5.92 Å². The van der Waals surface area contributed by atoms with Gasteiger partial charge in [-0.1, -0.05) is 55.8 Å². The Hall–Kier alpha value is -2.24. The molecule has 6 heteroatoms. The van der Waals surface area contributed by atoms with Crippen molar-refractivity contribution in [1.29, 1.82) is 0 Å². The van der Waals surface area contributed by atoms with Gasteiger partial charge in [0.1, 0.15) is 12.6 Å². The fraction of sp³-hybridized carbons (Fsp3) is 0.409. The third-order valence-electron chi connectivity index (χ3n) is 4.19. The highest BCUT2D eigenvalue weighted by atomic mass is 35.5. The summed E-state index contributed by atoms with van der Waals surface area (Å²) in [7, 11) is 0. The summed E-state index contributed by atoms with van der Waals surface area (Å²) in [5.41, 5.74) is 1.82. The van der Waals surface area contributed by atoms with Gasteiger partial charge in [0.05, 0.1) is 6.61 Å². The molecule has 1 unspecified atom stereocenters. The van der Waals surface area contributed by atoms with Gasteiger partial charge in [0, 0.05) is 17.6 Å². The van der Waals surface area contributed by atoms with Gasteiger partial charge in [-0.3, -0.25) is 4.79 Å². The van der Waals surface area contributed by atoms with Gasteiger partial charge in [0.25, 0.3) is 0 Å². The molecular weight excluding hydrogens is 378 g/mol. The minimum atomic E-state index is -0.863. The Labute approximate surface area is 171 Å². The largest absolute Gasteiger partial charge is 0.490 e. The van der Waals surface area contributed by atoms with E-state index in [2.05, 4.69) is 5.32 Å². The van der Waals surface area contributed by atoms with Gasteiger partial charge < -0.3 is 19.9 Å². The van der Waals surface area contributed by atoms with Crippen LogP contribution in [0.4, 0.5) is 0 Å². The van der Waals surface area contributed by atoms with Crippen LogP contribution in [-0.4, -0.2) is 23.7 Å². The number of ether oxygens (including phenoxy) is 2. The average Bonchev–Trinajstić information content (AvgIpc) is 2.66. The summed E-state index contributed by atoms with van der Waals surface area (Å²) >= 11 is 6.43. The van der Waals surface area contributed by atoms with Crippen LogP contribution >= 0.6 is 11.6 Å². The molecule has 1 atom stereocenters. The van der Waals surface area contributed by atoms with Crippen molar-refractivity contribution >= 4 is 17.6 Å². The predicted molar refractivity (Wildman–Crippen MR) is 111 cm³/mol. The predicted octanol–water partition coefficient (Wildman–Crippen LogP) is 4.91. The number of halogens is 1. The van der Waals surface area contributed by atoms with Gasteiger partial charge in [-0.05, 0) is 36.5 Å².